The van der Waals surface area contributed by atoms with Crippen LogP contribution in [0.1, 0.15) is 43.1 Å². The molecule has 0 radical (unpaired) electrons. The van der Waals surface area contributed by atoms with E-state index in [0.29, 0.717) is 11.1 Å². The smallest absolute Gasteiger partial charge is 0.349 e. The van der Waals surface area contributed by atoms with Gasteiger partial charge in [-0.2, -0.15) is 0 Å². The lowest BCUT2D eigenvalue weighted by molar-refractivity contribution is -0.136. The summed E-state index contributed by atoms with van der Waals surface area (Å²) in [6, 6.07) is 13.5. The number of carbonyl (C=O) groups excluding carboxylic acids is 2. The summed E-state index contributed by atoms with van der Waals surface area (Å²) in [6.07, 6.45) is 2.05. The third kappa shape index (κ3) is 5.94. The Morgan fingerprint density at radius 2 is 1.74 bits per heavy atom. The molecular weight excluding hydrogens is 398 g/mol. The number of rotatable bonds is 8. The van der Waals surface area contributed by atoms with E-state index in [-0.39, 0.29) is 29.5 Å². The highest BCUT2D eigenvalue weighted by atomic mass is 16.6. The van der Waals surface area contributed by atoms with Gasteiger partial charge in [0.05, 0.1) is 0 Å². The summed E-state index contributed by atoms with van der Waals surface area (Å²) in [4.78, 5) is 36.4. The summed E-state index contributed by atoms with van der Waals surface area (Å²) >= 11 is 0. The number of aryl methyl sites for hydroxylation is 1. The molecule has 0 spiro atoms. The Bertz CT molecular complexity index is 1130. The third-order valence-corrected chi connectivity index (χ3v) is 4.42. The standard InChI is InChI=1S/C24H25NO6/c1-4-5-16-6-9-18(10-7-16)29-14-22(26)30-19-11-8-17-12-20(23(27)25-15(2)3)24(28)31-21(17)13-19/h6-13,15H,4-5,14H2,1-3H3,(H,25,27). The number of nitrogens with one attached hydrogen (secondary N) is 1. The fourth-order valence-electron chi connectivity index (χ4n) is 3.00. The molecule has 0 atom stereocenters. The zero-order chi connectivity index (χ0) is 22.4. The Morgan fingerprint density at radius 1 is 1.03 bits per heavy atom. The molecule has 162 valence electrons. The summed E-state index contributed by atoms with van der Waals surface area (Å²) in [5.41, 5.74) is 0.581. The SMILES string of the molecule is CCCc1ccc(OCC(=O)Oc2ccc3cc(C(=O)NC(C)C)c(=O)oc3c2)cc1. The number of ether oxygens (including phenoxy) is 2. The maximum absolute atomic E-state index is 12.2. The van der Waals surface area contributed by atoms with Crippen molar-refractivity contribution in [1.82, 2.24) is 5.32 Å². The highest BCUT2D eigenvalue weighted by Crippen LogP contribution is 2.21. The number of esters is 1. The molecule has 7 nitrogen and oxygen atoms in total. The second-order valence-electron chi connectivity index (χ2n) is 7.43. The van der Waals surface area contributed by atoms with Gasteiger partial charge in [0, 0.05) is 17.5 Å². The van der Waals surface area contributed by atoms with Gasteiger partial charge >= 0.3 is 11.6 Å². The average molecular weight is 423 g/mol. The van der Waals surface area contributed by atoms with Crippen molar-refractivity contribution < 1.29 is 23.5 Å². The van der Waals surface area contributed by atoms with Crippen LogP contribution in [0.3, 0.4) is 0 Å². The molecular formula is C24H25NO6. The molecule has 1 amide bonds. The highest BCUT2D eigenvalue weighted by molar-refractivity contribution is 5.96. The quantitative estimate of drug-likeness (QED) is 0.336. The summed E-state index contributed by atoms with van der Waals surface area (Å²) in [6.45, 7) is 5.45. The molecule has 0 aliphatic heterocycles. The van der Waals surface area contributed by atoms with Crippen LogP contribution in [0, 0.1) is 0 Å². The first kappa shape index (κ1) is 22.1. The average Bonchev–Trinajstić information content (AvgIpc) is 2.72. The van der Waals surface area contributed by atoms with Crippen LogP contribution < -0.4 is 20.4 Å². The van der Waals surface area contributed by atoms with Gasteiger partial charge in [-0.15, -0.1) is 0 Å². The van der Waals surface area contributed by atoms with E-state index < -0.39 is 17.5 Å². The first-order valence-corrected chi connectivity index (χ1v) is 10.2. The van der Waals surface area contributed by atoms with Gasteiger partial charge in [-0.3, -0.25) is 4.79 Å². The van der Waals surface area contributed by atoms with Gasteiger partial charge in [-0.25, -0.2) is 9.59 Å². The molecule has 1 N–H and O–H groups in total. The second-order valence-corrected chi connectivity index (χ2v) is 7.43. The fourth-order valence-corrected chi connectivity index (χ4v) is 3.00. The molecule has 0 aliphatic carbocycles. The summed E-state index contributed by atoms with van der Waals surface area (Å²) in [7, 11) is 0. The van der Waals surface area contributed by atoms with Crippen LogP contribution in [0.5, 0.6) is 11.5 Å². The zero-order valence-electron chi connectivity index (χ0n) is 17.8. The van der Waals surface area contributed by atoms with Crippen molar-refractivity contribution >= 4 is 22.8 Å². The van der Waals surface area contributed by atoms with Crippen LogP contribution in [0.25, 0.3) is 11.0 Å². The van der Waals surface area contributed by atoms with E-state index in [2.05, 4.69) is 12.2 Å². The van der Waals surface area contributed by atoms with E-state index in [9.17, 15) is 14.4 Å². The third-order valence-electron chi connectivity index (χ3n) is 4.42. The van der Waals surface area contributed by atoms with Crippen molar-refractivity contribution in [3.8, 4) is 11.5 Å². The molecule has 1 aromatic heterocycles. The molecule has 0 saturated carbocycles. The fraction of sp³-hybridized carbons (Fsp3) is 0.292. The predicted octanol–water partition coefficient (Wildman–Crippen LogP) is 3.87. The Labute approximate surface area is 180 Å². The maximum atomic E-state index is 12.2. The van der Waals surface area contributed by atoms with Gasteiger partial charge in [0.25, 0.3) is 5.91 Å². The van der Waals surface area contributed by atoms with E-state index >= 15 is 0 Å². The Balaban J connectivity index is 1.65. The molecule has 0 aliphatic rings. The van der Waals surface area contributed by atoms with Crippen LogP contribution in [0.4, 0.5) is 0 Å². The molecule has 1 heterocycles. The van der Waals surface area contributed by atoms with Crippen LogP contribution in [-0.2, 0) is 11.2 Å². The minimum absolute atomic E-state index is 0.0794. The maximum Gasteiger partial charge on any atom is 0.349 e. The van der Waals surface area contributed by atoms with Crippen molar-refractivity contribution in [3.05, 3.63) is 70.1 Å². The van der Waals surface area contributed by atoms with Crippen molar-refractivity contribution in [2.75, 3.05) is 6.61 Å². The van der Waals surface area contributed by atoms with Crippen LogP contribution in [-0.4, -0.2) is 24.5 Å². The number of benzene rings is 2. The number of carbonyl (C=O) groups is 2. The molecule has 2 aromatic carbocycles. The predicted molar refractivity (Wildman–Crippen MR) is 117 cm³/mol. The second kappa shape index (κ2) is 9.93. The van der Waals surface area contributed by atoms with E-state index in [4.69, 9.17) is 13.9 Å². The van der Waals surface area contributed by atoms with Crippen LogP contribution >= 0.6 is 0 Å². The molecule has 3 rings (SSSR count). The van der Waals surface area contributed by atoms with Gasteiger partial charge in [-0.1, -0.05) is 25.5 Å². The van der Waals surface area contributed by atoms with Crippen molar-refractivity contribution in [1.29, 1.82) is 0 Å². The van der Waals surface area contributed by atoms with E-state index in [1.807, 2.05) is 24.3 Å². The van der Waals surface area contributed by atoms with Gasteiger partial charge < -0.3 is 19.2 Å². The number of amides is 1. The normalized spacial score (nSPS) is 10.8. The minimum atomic E-state index is -0.760. The molecule has 7 heteroatoms. The monoisotopic (exact) mass is 423 g/mol. The van der Waals surface area contributed by atoms with Crippen molar-refractivity contribution in [2.45, 2.75) is 39.7 Å². The van der Waals surface area contributed by atoms with Crippen LogP contribution in [0.15, 0.2) is 57.7 Å². The first-order chi connectivity index (χ1) is 14.9. The van der Waals surface area contributed by atoms with E-state index in [1.165, 1.54) is 17.7 Å². The summed E-state index contributed by atoms with van der Waals surface area (Å²) < 4.78 is 16.0. The molecule has 0 unspecified atom stereocenters. The van der Waals surface area contributed by atoms with E-state index in [0.717, 1.165) is 12.8 Å². The van der Waals surface area contributed by atoms with Gasteiger partial charge in [-0.05, 0) is 56.2 Å². The number of hydrogen-bond donors (Lipinski definition) is 1. The minimum Gasteiger partial charge on any atom is -0.482 e. The summed E-state index contributed by atoms with van der Waals surface area (Å²) in [5, 5.41) is 3.20. The first-order valence-electron chi connectivity index (χ1n) is 10.2. The topological polar surface area (TPSA) is 94.8 Å². The Morgan fingerprint density at radius 3 is 2.42 bits per heavy atom. The van der Waals surface area contributed by atoms with Gasteiger partial charge in [0.1, 0.15) is 22.6 Å². The Kier molecular flexibility index (Phi) is 7.07. The number of hydrogen-bond acceptors (Lipinski definition) is 6. The van der Waals surface area contributed by atoms with Crippen molar-refractivity contribution in [3.63, 3.8) is 0 Å². The van der Waals surface area contributed by atoms with Crippen molar-refractivity contribution in [2.24, 2.45) is 0 Å². The lowest BCUT2D eigenvalue weighted by Gasteiger charge is -2.09. The number of fused-ring (bicyclic) bond motifs is 1. The Hall–Kier alpha value is -3.61. The summed E-state index contributed by atoms with van der Waals surface area (Å²) in [5.74, 6) is -0.302. The molecule has 0 saturated heterocycles. The van der Waals surface area contributed by atoms with Gasteiger partial charge in [0.15, 0.2) is 6.61 Å². The zero-order valence-corrected chi connectivity index (χ0v) is 17.8. The highest BCUT2D eigenvalue weighted by Gasteiger charge is 2.15. The van der Waals surface area contributed by atoms with E-state index in [1.54, 1.807) is 26.0 Å². The van der Waals surface area contributed by atoms with Crippen LogP contribution in [0.2, 0.25) is 0 Å². The lowest BCUT2D eigenvalue weighted by atomic mass is 10.1. The molecule has 0 fully saturated rings. The molecule has 31 heavy (non-hydrogen) atoms. The van der Waals surface area contributed by atoms with Gasteiger partial charge in [0.2, 0.25) is 0 Å². The molecule has 0 bridgehead atoms. The molecule has 3 aromatic rings. The largest absolute Gasteiger partial charge is 0.482 e. The lowest BCUT2D eigenvalue weighted by Crippen LogP contribution is -2.33.